The van der Waals surface area contributed by atoms with E-state index in [2.05, 4.69) is 5.32 Å². The molecule has 1 saturated heterocycles. The average Bonchev–Trinajstić information content (AvgIpc) is 2.67. The van der Waals surface area contributed by atoms with Crippen LogP contribution in [0.15, 0.2) is 12.1 Å². The number of benzene rings is 1. The molecule has 1 amide bonds. The summed E-state index contributed by atoms with van der Waals surface area (Å²) in [5, 5.41) is 2.91. The van der Waals surface area contributed by atoms with Crippen molar-refractivity contribution in [2.24, 2.45) is 11.7 Å². The number of amides is 1. The topological polar surface area (TPSA) is 92.0 Å². The summed E-state index contributed by atoms with van der Waals surface area (Å²) in [6.07, 6.45) is 2.23. The Hall–Kier alpha value is -1.70. The minimum absolute atomic E-state index is 0. The Labute approximate surface area is 160 Å². The zero-order valence-electron chi connectivity index (χ0n) is 15.6. The summed E-state index contributed by atoms with van der Waals surface area (Å²) in [5.41, 5.74) is 6.97. The second-order valence-electron chi connectivity index (χ2n) is 6.03. The minimum atomic E-state index is -0.497. The first-order chi connectivity index (χ1) is 12.1. The molecular formula is C18H29ClN2O5. The van der Waals surface area contributed by atoms with Gasteiger partial charge in [-0.3, -0.25) is 4.79 Å². The van der Waals surface area contributed by atoms with E-state index in [4.69, 9.17) is 24.7 Å². The van der Waals surface area contributed by atoms with Crippen LogP contribution in [0.2, 0.25) is 0 Å². The molecule has 3 N–H and O–H groups in total. The highest BCUT2D eigenvalue weighted by molar-refractivity contribution is 5.85. The molecule has 8 heteroatoms. The van der Waals surface area contributed by atoms with Gasteiger partial charge in [-0.2, -0.15) is 0 Å². The van der Waals surface area contributed by atoms with Crippen molar-refractivity contribution in [3.63, 3.8) is 0 Å². The lowest BCUT2D eigenvalue weighted by Crippen LogP contribution is -2.47. The van der Waals surface area contributed by atoms with Gasteiger partial charge in [0, 0.05) is 37.5 Å². The molecule has 148 valence electrons. The predicted octanol–water partition coefficient (Wildman–Crippen LogP) is 1.55. The standard InChI is InChI=1S/C18H28N2O5.ClH/c1-22-13-10-15(23-2)14(16(11-13)24-3)4-7-20-18(21)17(19)12-5-8-25-9-6-12;/h10-12,17H,4-9,19H2,1-3H3,(H,20,21);1H. The Morgan fingerprint density at radius 2 is 1.77 bits per heavy atom. The Morgan fingerprint density at radius 3 is 2.27 bits per heavy atom. The van der Waals surface area contributed by atoms with E-state index in [-0.39, 0.29) is 24.2 Å². The molecule has 7 nitrogen and oxygen atoms in total. The summed E-state index contributed by atoms with van der Waals surface area (Å²) >= 11 is 0. The third-order valence-corrected chi connectivity index (χ3v) is 4.57. The van der Waals surface area contributed by atoms with E-state index in [1.807, 2.05) is 0 Å². The number of hydrogen-bond donors (Lipinski definition) is 2. The SMILES string of the molecule is COc1cc(OC)c(CCNC(=O)C(N)C2CCOCC2)c(OC)c1.Cl. The van der Waals surface area contributed by atoms with Gasteiger partial charge < -0.3 is 30.0 Å². The third kappa shape index (κ3) is 5.65. The van der Waals surface area contributed by atoms with Crippen molar-refractivity contribution in [1.82, 2.24) is 5.32 Å². The first kappa shape index (κ1) is 22.3. The lowest BCUT2D eigenvalue weighted by atomic mass is 9.92. The fourth-order valence-corrected chi connectivity index (χ4v) is 3.04. The second-order valence-corrected chi connectivity index (χ2v) is 6.03. The summed E-state index contributed by atoms with van der Waals surface area (Å²) in [5.74, 6) is 2.04. The first-order valence-electron chi connectivity index (χ1n) is 8.50. The first-order valence-corrected chi connectivity index (χ1v) is 8.50. The van der Waals surface area contributed by atoms with Gasteiger partial charge in [-0.25, -0.2) is 0 Å². The maximum atomic E-state index is 12.3. The van der Waals surface area contributed by atoms with E-state index in [1.165, 1.54) is 0 Å². The number of hydrogen-bond acceptors (Lipinski definition) is 6. The number of halogens is 1. The van der Waals surface area contributed by atoms with Gasteiger partial charge in [0.05, 0.1) is 27.4 Å². The molecule has 1 fully saturated rings. The normalized spacial score (nSPS) is 15.5. The Bertz CT molecular complexity index is 554. The predicted molar refractivity (Wildman–Crippen MR) is 102 cm³/mol. The molecule has 0 aliphatic carbocycles. The van der Waals surface area contributed by atoms with E-state index >= 15 is 0 Å². The summed E-state index contributed by atoms with van der Waals surface area (Å²) in [6.45, 7) is 1.80. The van der Waals surface area contributed by atoms with Crippen LogP contribution in [0.5, 0.6) is 17.2 Å². The smallest absolute Gasteiger partial charge is 0.237 e. The number of rotatable bonds is 8. The van der Waals surface area contributed by atoms with Crippen molar-refractivity contribution < 1.29 is 23.7 Å². The molecule has 0 aromatic heterocycles. The van der Waals surface area contributed by atoms with Crippen LogP contribution in [-0.2, 0) is 16.0 Å². The van der Waals surface area contributed by atoms with Crippen molar-refractivity contribution in [2.45, 2.75) is 25.3 Å². The minimum Gasteiger partial charge on any atom is -0.496 e. The highest BCUT2D eigenvalue weighted by Crippen LogP contribution is 2.34. The van der Waals surface area contributed by atoms with E-state index in [0.717, 1.165) is 18.4 Å². The van der Waals surface area contributed by atoms with Gasteiger partial charge in [-0.05, 0) is 25.2 Å². The summed E-state index contributed by atoms with van der Waals surface area (Å²) < 4.78 is 21.4. The molecule has 1 atom stereocenters. The van der Waals surface area contributed by atoms with E-state index in [1.54, 1.807) is 33.5 Å². The van der Waals surface area contributed by atoms with Crippen LogP contribution in [-0.4, -0.2) is 53.0 Å². The molecule has 0 bridgehead atoms. The Morgan fingerprint density at radius 1 is 1.19 bits per heavy atom. The lowest BCUT2D eigenvalue weighted by Gasteiger charge is -2.26. The van der Waals surface area contributed by atoms with Gasteiger partial charge in [-0.1, -0.05) is 0 Å². The van der Waals surface area contributed by atoms with Gasteiger partial charge >= 0.3 is 0 Å². The molecule has 1 aromatic carbocycles. The van der Waals surface area contributed by atoms with Crippen molar-refractivity contribution in [2.75, 3.05) is 41.1 Å². The third-order valence-electron chi connectivity index (χ3n) is 4.57. The average molecular weight is 389 g/mol. The molecule has 1 aromatic rings. The number of ether oxygens (including phenoxy) is 4. The quantitative estimate of drug-likeness (QED) is 0.702. The van der Waals surface area contributed by atoms with Crippen molar-refractivity contribution >= 4 is 18.3 Å². The number of carbonyl (C=O) groups excluding carboxylic acids is 1. The van der Waals surface area contributed by atoms with Crippen molar-refractivity contribution in [3.05, 3.63) is 17.7 Å². The molecule has 0 saturated carbocycles. The monoisotopic (exact) mass is 388 g/mol. The second kappa shape index (κ2) is 11.1. The molecule has 1 heterocycles. The fraction of sp³-hybridized carbons (Fsp3) is 0.611. The van der Waals surface area contributed by atoms with E-state index in [0.29, 0.717) is 43.4 Å². The zero-order chi connectivity index (χ0) is 18.2. The van der Waals surface area contributed by atoms with Crippen LogP contribution >= 0.6 is 12.4 Å². The van der Waals surface area contributed by atoms with Crippen molar-refractivity contribution in [1.29, 1.82) is 0 Å². The van der Waals surface area contributed by atoms with E-state index in [9.17, 15) is 4.79 Å². The molecule has 2 rings (SSSR count). The zero-order valence-corrected chi connectivity index (χ0v) is 16.4. The molecule has 0 spiro atoms. The van der Waals surface area contributed by atoms with Gasteiger partial charge in [0.15, 0.2) is 0 Å². The van der Waals surface area contributed by atoms with E-state index < -0.39 is 6.04 Å². The van der Waals surface area contributed by atoms with Gasteiger partial charge in [-0.15, -0.1) is 12.4 Å². The molecular weight excluding hydrogens is 360 g/mol. The Balaban J connectivity index is 0.00000338. The fourth-order valence-electron chi connectivity index (χ4n) is 3.04. The van der Waals surface area contributed by atoms with Crippen molar-refractivity contribution in [3.8, 4) is 17.2 Å². The van der Waals surface area contributed by atoms with Crippen LogP contribution in [0, 0.1) is 5.92 Å². The van der Waals surface area contributed by atoms with Gasteiger partial charge in [0.1, 0.15) is 17.2 Å². The number of nitrogens with one attached hydrogen (secondary N) is 1. The summed E-state index contributed by atoms with van der Waals surface area (Å²) in [7, 11) is 4.78. The summed E-state index contributed by atoms with van der Waals surface area (Å²) in [6, 6.07) is 3.10. The van der Waals surface area contributed by atoms with Crippen LogP contribution in [0.3, 0.4) is 0 Å². The number of carbonyl (C=O) groups is 1. The van der Waals surface area contributed by atoms with Gasteiger partial charge in [0.25, 0.3) is 0 Å². The van der Waals surface area contributed by atoms with Crippen LogP contribution in [0.1, 0.15) is 18.4 Å². The van der Waals surface area contributed by atoms with Crippen LogP contribution < -0.4 is 25.3 Å². The van der Waals surface area contributed by atoms with Crippen LogP contribution in [0.25, 0.3) is 0 Å². The maximum absolute atomic E-state index is 12.3. The largest absolute Gasteiger partial charge is 0.496 e. The molecule has 0 radical (unpaired) electrons. The highest BCUT2D eigenvalue weighted by atomic mass is 35.5. The Kier molecular flexibility index (Phi) is 9.54. The highest BCUT2D eigenvalue weighted by Gasteiger charge is 2.26. The molecule has 1 aliphatic rings. The molecule has 26 heavy (non-hydrogen) atoms. The van der Waals surface area contributed by atoms with Crippen LogP contribution in [0.4, 0.5) is 0 Å². The number of nitrogens with two attached hydrogens (primary N) is 1. The molecule has 1 aliphatic heterocycles. The van der Waals surface area contributed by atoms with Gasteiger partial charge in [0.2, 0.25) is 5.91 Å². The molecule has 1 unspecified atom stereocenters. The number of methoxy groups -OCH3 is 3. The summed E-state index contributed by atoms with van der Waals surface area (Å²) in [4.78, 5) is 12.3. The maximum Gasteiger partial charge on any atom is 0.237 e. The lowest BCUT2D eigenvalue weighted by molar-refractivity contribution is -0.124.